The molecule has 1 fully saturated rings. The van der Waals surface area contributed by atoms with Crippen molar-refractivity contribution in [2.24, 2.45) is 5.92 Å². The quantitative estimate of drug-likeness (QED) is 0.606. The van der Waals surface area contributed by atoms with E-state index in [0.29, 0.717) is 0 Å². The first-order valence-corrected chi connectivity index (χ1v) is 10.8. The molecule has 4 nitrogen and oxygen atoms in total. The van der Waals surface area contributed by atoms with Crippen LogP contribution in [-0.4, -0.2) is 25.6 Å². The predicted octanol–water partition coefficient (Wildman–Crippen LogP) is 5.33. The van der Waals surface area contributed by atoms with Crippen LogP contribution in [-0.2, 0) is 4.79 Å². The van der Waals surface area contributed by atoms with E-state index in [4.69, 9.17) is 4.74 Å². The fraction of sp³-hybridized carbons (Fsp3) is 0.346. The fourth-order valence-corrected chi connectivity index (χ4v) is 4.07. The smallest absolute Gasteiger partial charge is 0.258 e. The second kappa shape index (κ2) is 9.21. The molecule has 1 saturated heterocycles. The van der Waals surface area contributed by atoms with Crippen LogP contribution in [0.15, 0.2) is 66.7 Å². The van der Waals surface area contributed by atoms with Crippen LogP contribution in [0.5, 0.6) is 5.75 Å². The molecule has 0 unspecified atom stereocenters. The summed E-state index contributed by atoms with van der Waals surface area (Å²) in [5.74, 6) is 1.44. The van der Waals surface area contributed by atoms with Gasteiger partial charge in [0, 0.05) is 24.2 Å². The van der Waals surface area contributed by atoms with Gasteiger partial charge >= 0.3 is 0 Å². The Morgan fingerprint density at radius 3 is 2.50 bits per heavy atom. The Kier molecular flexibility index (Phi) is 6.22. The summed E-state index contributed by atoms with van der Waals surface area (Å²) in [6, 6.07) is 22.4. The Hall–Kier alpha value is -3.01. The second-order valence-electron chi connectivity index (χ2n) is 8.32. The van der Waals surface area contributed by atoms with E-state index < -0.39 is 0 Å². The number of carbonyl (C=O) groups is 1. The standard InChI is InChI=1S/C26H30N2O2/c1-19-14-16-28(17-15-19)23-12-10-21(11-13-23)20(2)27-26(29)18-30-25-9-5-7-22-6-3-4-8-24(22)25/h3-13,19-20H,14-18H2,1-2H3,(H,27,29)/t20-/m1/s1. The Morgan fingerprint density at radius 1 is 1.03 bits per heavy atom. The number of rotatable bonds is 6. The number of anilines is 1. The van der Waals surface area contributed by atoms with Gasteiger partial charge in [0.25, 0.3) is 5.91 Å². The normalized spacial score (nSPS) is 15.7. The number of nitrogens with zero attached hydrogens (tertiary/aromatic N) is 1. The Balaban J connectivity index is 1.32. The predicted molar refractivity (Wildman–Crippen MR) is 123 cm³/mol. The third kappa shape index (κ3) is 4.76. The molecule has 4 heteroatoms. The van der Waals surface area contributed by atoms with Crippen molar-refractivity contribution in [3.63, 3.8) is 0 Å². The molecule has 3 aromatic carbocycles. The monoisotopic (exact) mass is 402 g/mol. The number of ether oxygens (including phenoxy) is 1. The Labute approximate surface area is 178 Å². The van der Waals surface area contributed by atoms with Crippen LogP contribution in [0.1, 0.15) is 38.3 Å². The summed E-state index contributed by atoms with van der Waals surface area (Å²) >= 11 is 0. The van der Waals surface area contributed by atoms with E-state index in [9.17, 15) is 4.79 Å². The molecule has 30 heavy (non-hydrogen) atoms. The molecule has 1 heterocycles. The highest BCUT2D eigenvalue weighted by molar-refractivity contribution is 5.88. The molecular formula is C26H30N2O2. The van der Waals surface area contributed by atoms with Gasteiger partial charge in [-0.05, 0) is 54.8 Å². The van der Waals surface area contributed by atoms with Crippen LogP contribution < -0.4 is 15.0 Å². The van der Waals surface area contributed by atoms with E-state index in [-0.39, 0.29) is 18.6 Å². The summed E-state index contributed by atoms with van der Waals surface area (Å²) < 4.78 is 5.81. The van der Waals surface area contributed by atoms with Gasteiger partial charge < -0.3 is 15.0 Å². The molecule has 0 bridgehead atoms. The molecule has 0 radical (unpaired) electrons. The lowest BCUT2D eigenvalue weighted by Crippen LogP contribution is -2.33. The van der Waals surface area contributed by atoms with Crippen LogP contribution >= 0.6 is 0 Å². The highest BCUT2D eigenvalue weighted by atomic mass is 16.5. The van der Waals surface area contributed by atoms with Crippen molar-refractivity contribution < 1.29 is 9.53 Å². The maximum absolute atomic E-state index is 12.4. The largest absolute Gasteiger partial charge is 0.483 e. The summed E-state index contributed by atoms with van der Waals surface area (Å²) in [6.07, 6.45) is 2.51. The summed E-state index contributed by atoms with van der Waals surface area (Å²) in [5.41, 5.74) is 2.37. The van der Waals surface area contributed by atoms with Gasteiger partial charge in [-0.1, -0.05) is 55.5 Å². The van der Waals surface area contributed by atoms with Crippen molar-refractivity contribution in [1.29, 1.82) is 0 Å². The van der Waals surface area contributed by atoms with Crippen molar-refractivity contribution in [1.82, 2.24) is 5.32 Å². The van der Waals surface area contributed by atoms with Gasteiger partial charge in [0.2, 0.25) is 0 Å². The van der Waals surface area contributed by atoms with Gasteiger partial charge in [-0.3, -0.25) is 4.79 Å². The molecule has 1 atom stereocenters. The number of nitrogens with one attached hydrogen (secondary N) is 1. The molecule has 0 spiro atoms. The van der Waals surface area contributed by atoms with Crippen LogP contribution in [0.25, 0.3) is 10.8 Å². The third-order valence-electron chi connectivity index (χ3n) is 6.03. The summed E-state index contributed by atoms with van der Waals surface area (Å²) in [4.78, 5) is 14.9. The third-order valence-corrected chi connectivity index (χ3v) is 6.03. The van der Waals surface area contributed by atoms with Gasteiger partial charge in [-0.2, -0.15) is 0 Å². The van der Waals surface area contributed by atoms with Gasteiger partial charge in [0.1, 0.15) is 5.75 Å². The minimum Gasteiger partial charge on any atom is -0.483 e. The number of amides is 1. The topological polar surface area (TPSA) is 41.6 Å². The molecular weight excluding hydrogens is 372 g/mol. The Bertz CT molecular complexity index is 986. The van der Waals surface area contributed by atoms with Crippen molar-refractivity contribution >= 4 is 22.4 Å². The fourth-order valence-electron chi connectivity index (χ4n) is 4.07. The number of hydrogen-bond donors (Lipinski definition) is 1. The van der Waals surface area contributed by atoms with Crippen LogP contribution in [0, 0.1) is 5.92 Å². The van der Waals surface area contributed by atoms with Crippen LogP contribution in [0.3, 0.4) is 0 Å². The molecule has 1 aliphatic rings. The second-order valence-corrected chi connectivity index (χ2v) is 8.32. The first kappa shape index (κ1) is 20.3. The van der Waals surface area contributed by atoms with E-state index >= 15 is 0 Å². The number of piperidine rings is 1. The minimum atomic E-state index is -0.121. The number of fused-ring (bicyclic) bond motifs is 1. The molecule has 1 amide bonds. The molecule has 156 valence electrons. The molecule has 0 aliphatic carbocycles. The molecule has 1 N–H and O–H groups in total. The van der Waals surface area contributed by atoms with Crippen molar-refractivity contribution in [3.8, 4) is 5.75 Å². The van der Waals surface area contributed by atoms with Gasteiger partial charge in [-0.25, -0.2) is 0 Å². The van der Waals surface area contributed by atoms with Crippen molar-refractivity contribution in [2.45, 2.75) is 32.7 Å². The zero-order valence-electron chi connectivity index (χ0n) is 17.8. The van der Waals surface area contributed by atoms with E-state index in [2.05, 4.69) is 41.4 Å². The highest BCUT2D eigenvalue weighted by Crippen LogP contribution is 2.26. The number of carbonyl (C=O) groups excluding carboxylic acids is 1. The van der Waals surface area contributed by atoms with Crippen LogP contribution in [0.2, 0.25) is 0 Å². The van der Waals surface area contributed by atoms with Crippen LogP contribution in [0.4, 0.5) is 5.69 Å². The van der Waals surface area contributed by atoms with E-state index in [1.165, 1.54) is 18.5 Å². The average Bonchev–Trinajstić information content (AvgIpc) is 2.78. The summed E-state index contributed by atoms with van der Waals surface area (Å²) in [6.45, 7) is 6.58. The average molecular weight is 403 g/mol. The van der Waals surface area contributed by atoms with Crippen molar-refractivity contribution in [2.75, 3.05) is 24.6 Å². The zero-order chi connectivity index (χ0) is 20.9. The van der Waals surface area contributed by atoms with Gasteiger partial charge in [0.05, 0.1) is 6.04 Å². The molecule has 0 saturated carbocycles. The number of hydrogen-bond acceptors (Lipinski definition) is 3. The lowest BCUT2D eigenvalue weighted by atomic mass is 9.98. The first-order valence-electron chi connectivity index (χ1n) is 10.8. The maximum Gasteiger partial charge on any atom is 0.258 e. The molecule has 0 aromatic heterocycles. The minimum absolute atomic E-state index is 0.00237. The first-order chi connectivity index (χ1) is 14.6. The molecule has 1 aliphatic heterocycles. The van der Waals surface area contributed by atoms with E-state index in [1.54, 1.807) is 0 Å². The van der Waals surface area contributed by atoms with E-state index in [1.807, 2.05) is 49.4 Å². The lowest BCUT2D eigenvalue weighted by Gasteiger charge is -2.32. The van der Waals surface area contributed by atoms with Crippen molar-refractivity contribution in [3.05, 3.63) is 72.3 Å². The molecule has 3 aromatic rings. The van der Waals surface area contributed by atoms with Gasteiger partial charge in [-0.15, -0.1) is 0 Å². The maximum atomic E-state index is 12.4. The Morgan fingerprint density at radius 2 is 1.73 bits per heavy atom. The summed E-state index contributed by atoms with van der Waals surface area (Å²) in [7, 11) is 0. The number of benzene rings is 3. The SMILES string of the molecule is CC1CCN(c2ccc([C@@H](C)NC(=O)COc3cccc4ccccc34)cc2)CC1. The molecule has 4 rings (SSSR count). The highest BCUT2D eigenvalue weighted by Gasteiger charge is 2.17. The lowest BCUT2D eigenvalue weighted by molar-refractivity contribution is -0.123. The van der Waals surface area contributed by atoms with E-state index in [0.717, 1.165) is 41.1 Å². The zero-order valence-corrected chi connectivity index (χ0v) is 17.8. The van der Waals surface area contributed by atoms with Gasteiger partial charge in [0.15, 0.2) is 6.61 Å². The summed E-state index contributed by atoms with van der Waals surface area (Å²) in [5, 5.41) is 5.16.